The molecule has 0 saturated carbocycles. The van der Waals surface area contributed by atoms with Crippen LogP contribution in [0.2, 0.25) is 0 Å². The minimum absolute atomic E-state index is 0.0415. The third-order valence-electron chi connectivity index (χ3n) is 3.11. The second kappa shape index (κ2) is 5.30. The number of nitrogen functional groups attached to an aromatic ring is 1. The first-order valence-corrected chi connectivity index (χ1v) is 8.53. The van der Waals surface area contributed by atoms with E-state index in [1.807, 2.05) is 6.07 Å². The number of sulfone groups is 1. The van der Waals surface area contributed by atoms with Gasteiger partial charge in [-0.25, -0.2) is 8.42 Å². The van der Waals surface area contributed by atoms with E-state index in [0.29, 0.717) is 18.1 Å². The highest BCUT2D eigenvalue weighted by atomic mass is 32.2. The maximum atomic E-state index is 11.9. The van der Waals surface area contributed by atoms with Crippen LogP contribution in [0.15, 0.2) is 0 Å². The van der Waals surface area contributed by atoms with Crippen molar-refractivity contribution in [3.63, 3.8) is 0 Å². The molecule has 1 aliphatic rings. The molecule has 2 heterocycles. The largest absolute Gasteiger partial charge is 0.396 e. The summed E-state index contributed by atoms with van der Waals surface area (Å²) in [5.41, 5.74) is 6.24. The molecule has 108 valence electrons. The monoisotopic (exact) mass is 314 g/mol. The predicted molar refractivity (Wildman–Crippen MR) is 77.7 cm³/mol. The van der Waals surface area contributed by atoms with E-state index in [0.717, 1.165) is 11.3 Å². The first-order valence-electron chi connectivity index (χ1n) is 5.89. The normalized spacial score (nSPS) is 17.5. The van der Waals surface area contributed by atoms with Crippen molar-refractivity contribution in [1.82, 2.24) is 5.32 Å². The summed E-state index contributed by atoms with van der Waals surface area (Å²) in [6.45, 7) is 0.605. The van der Waals surface area contributed by atoms with Crippen LogP contribution in [0.25, 0.3) is 0 Å². The van der Waals surface area contributed by atoms with Crippen molar-refractivity contribution in [2.75, 3.05) is 42.3 Å². The van der Waals surface area contributed by atoms with Gasteiger partial charge in [0, 0.05) is 20.1 Å². The SMILES string of the molecule is CNC(=O)c1c(N2CCS(=O)(=O)CC2)sc(C#N)c1N. The van der Waals surface area contributed by atoms with Gasteiger partial charge in [0.05, 0.1) is 22.8 Å². The summed E-state index contributed by atoms with van der Waals surface area (Å²) in [7, 11) is -1.52. The molecule has 1 amide bonds. The molecule has 1 aromatic heterocycles. The van der Waals surface area contributed by atoms with E-state index in [9.17, 15) is 13.2 Å². The summed E-state index contributed by atoms with van der Waals surface area (Å²) < 4.78 is 22.9. The summed E-state index contributed by atoms with van der Waals surface area (Å²) in [6.07, 6.45) is 0. The average molecular weight is 314 g/mol. The zero-order valence-corrected chi connectivity index (χ0v) is 12.5. The van der Waals surface area contributed by atoms with Gasteiger partial charge in [0.25, 0.3) is 5.91 Å². The van der Waals surface area contributed by atoms with E-state index in [1.54, 1.807) is 4.90 Å². The lowest BCUT2D eigenvalue weighted by atomic mass is 10.2. The summed E-state index contributed by atoms with van der Waals surface area (Å²) >= 11 is 1.12. The van der Waals surface area contributed by atoms with Crippen molar-refractivity contribution >= 4 is 37.8 Å². The Morgan fingerprint density at radius 2 is 2.05 bits per heavy atom. The number of nitriles is 1. The molecule has 2 rings (SSSR count). The maximum absolute atomic E-state index is 11.9. The average Bonchev–Trinajstić information content (AvgIpc) is 2.75. The summed E-state index contributed by atoms with van der Waals surface area (Å²) in [5, 5.41) is 12.1. The number of carbonyl (C=O) groups is 1. The highest BCUT2D eigenvalue weighted by Crippen LogP contribution is 2.38. The standard InChI is InChI=1S/C11H14N4O3S2/c1-14-10(16)8-9(13)7(6-12)19-11(8)15-2-4-20(17,18)5-3-15/h2-5,13H2,1H3,(H,14,16). The highest BCUT2D eigenvalue weighted by molar-refractivity contribution is 7.91. The molecule has 1 saturated heterocycles. The number of nitrogens with zero attached hydrogens (tertiary/aromatic N) is 2. The van der Waals surface area contributed by atoms with Gasteiger partial charge in [-0.2, -0.15) is 5.26 Å². The van der Waals surface area contributed by atoms with E-state index in [-0.39, 0.29) is 33.5 Å². The molecule has 1 aromatic rings. The number of nitrogens with two attached hydrogens (primary N) is 1. The lowest BCUT2D eigenvalue weighted by molar-refractivity contribution is 0.0965. The number of amides is 1. The number of rotatable bonds is 2. The molecule has 0 aromatic carbocycles. The molecule has 0 unspecified atom stereocenters. The van der Waals surface area contributed by atoms with Crippen LogP contribution < -0.4 is 16.0 Å². The number of anilines is 2. The van der Waals surface area contributed by atoms with Gasteiger partial charge in [0.15, 0.2) is 9.84 Å². The Morgan fingerprint density at radius 1 is 1.45 bits per heavy atom. The summed E-state index contributed by atoms with van der Waals surface area (Å²) in [4.78, 5) is 14.0. The topological polar surface area (TPSA) is 116 Å². The Balaban J connectivity index is 2.42. The van der Waals surface area contributed by atoms with Gasteiger partial charge < -0.3 is 16.0 Å². The minimum Gasteiger partial charge on any atom is -0.396 e. The molecule has 0 spiro atoms. The van der Waals surface area contributed by atoms with Crippen molar-refractivity contribution in [3.8, 4) is 6.07 Å². The summed E-state index contributed by atoms with van der Waals surface area (Å²) in [5.74, 6) is -0.289. The molecule has 3 N–H and O–H groups in total. The molecular formula is C11H14N4O3S2. The van der Waals surface area contributed by atoms with Gasteiger partial charge in [0.2, 0.25) is 0 Å². The van der Waals surface area contributed by atoms with Crippen LogP contribution in [0.1, 0.15) is 15.2 Å². The van der Waals surface area contributed by atoms with Crippen LogP contribution in [0.3, 0.4) is 0 Å². The van der Waals surface area contributed by atoms with E-state index in [4.69, 9.17) is 11.0 Å². The van der Waals surface area contributed by atoms with Crippen molar-refractivity contribution < 1.29 is 13.2 Å². The third kappa shape index (κ3) is 2.57. The highest BCUT2D eigenvalue weighted by Gasteiger charge is 2.29. The number of carbonyl (C=O) groups excluding carboxylic acids is 1. The third-order valence-corrected chi connectivity index (χ3v) is 5.89. The zero-order chi connectivity index (χ0) is 14.9. The minimum atomic E-state index is -3.01. The lowest BCUT2D eigenvalue weighted by Gasteiger charge is -2.28. The first kappa shape index (κ1) is 14.6. The van der Waals surface area contributed by atoms with Crippen molar-refractivity contribution in [1.29, 1.82) is 5.26 Å². The van der Waals surface area contributed by atoms with Gasteiger partial charge in [-0.1, -0.05) is 0 Å². The van der Waals surface area contributed by atoms with Crippen LogP contribution in [0.4, 0.5) is 10.7 Å². The first-order chi connectivity index (χ1) is 9.39. The lowest BCUT2D eigenvalue weighted by Crippen LogP contribution is -2.40. The van der Waals surface area contributed by atoms with Crippen LogP contribution in [0, 0.1) is 11.3 Å². The molecule has 20 heavy (non-hydrogen) atoms. The predicted octanol–water partition coefficient (Wildman–Crippen LogP) is -0.204. The smallest absolute Gasteiger partial charge is 0.256 e. The fraction of sp³-hybridized carbons (Fsp3) is 0.455. The van der Waals surface area contributed by atoms with Gasteiger partial charge in [0.1, 0.15) is 15.9 Å². The molecule has 0 atom stereocenters. The fourth-order valence-electron chi connectivity index (χ4n) is 2.00. The molecule has 9 heteroatoms. The Labute approximate surface area is 120 Å². The Morgan fingerprint density at radius 3 is 2.55 bits per heavy atom. The molecule has 0 bridgehead atoms. The number of hydrogen-bond acceptors (Lipinski definition) is 7. The molecule has 7 nitrogen and oxygen atoms in total. The Kier molecular flexibility index (Phi) is 3.87. The van der Waals surface area contributed by atoms with E-state index in [2.05, 4.69) is 5.32 Å². The van der Waals surface area contributed by atoms with Crippen LogP contribution >= 0.6 is 11.3 Å². The zero-order valence-electron chi connectivity index (χ0n) is 10.8. The summed E-state index contributed by atoms with van der Waals surface area (Å²) in [6, 6.07) is 1.96. The second-order valence-electron chi connectivity index (χ2n) is 4.35. The number of hydrogen-bond donors (Lipinski definition) is 2. The van der Waals surface area contributed by atoms with Gasteiger partial charge >= 0.3 is 0 Å². The van der Waals surface area contributed by atoms with Crippen LogP contribution in [-0.2, 0) is 9.84 Å². The molecular weight excluding hydrogens is 300 g/mol. The molecule has 0 aliphatic carbocycles. The van der Waals surface area contributed by atoms with Crippen LogP contribution in [-0.4, -0.2) is 46.0 Å². The number of nitrogens with one attached hydrogen (secondary N) is 1. The number of thiophene rings is 1. The maximum Gasteiger partial charge on any atom is 0.256 e. The van der Waals surface area contributed by atoms with Crippen molar-refractivity contribution in [3.05, 3.63) is 10.4 Å². The molecule has 1 fully saturated rings. The van der Waals surface area contributed by atoms with Gasteiger partial charge in [-0.05, 0) is 0 Å². The van der Waals surface area contributed by atoms with E-state index < -0.39 is 9.84 Å². The Bertz CT molecular complexity index is 673. The molecule has 0 radical (unpaired) electrons. The molecule has 1 aliphatic heterocycles. The van der Waals surface area contributed by atoms with E-state index >= 15 is 0 Å². The fourth-order valence-corrected chi connectivity index (χ4v) is 4.27. The van der Waals surface area contributed by atoms with Gasteiger partial charge in [-0.3, -0.25) is 4.79 Å². The van der Waals surface area contributed by atoms with Crippen molar-refractivity contribution in [2.45, 2.75) is 0 Å². The van der Waals surface area contributed by atoms with E-state index in [1.165, 1.54) is 7.05 Å². The van der Waals surface area contributed by atoms with Crippen molar-refractivity contribution in [2.24, 2.45) is 0 Å². The second-order valence-corrected chi connectivity index (χ2v) is 7.66. The van der Waals surface area contributed by atoms with Crippen LogP contribution in [0.5, 0.6) is 0 Å². The van der Waals surface area contributed by atoms with Gasteiger partial charge in [-0.15, -0.1) is 11.3 Å². The quantitative estimate of drug-likeness (QED) is 0.780. The Hall–Kier alpha value is -1.79.